The highest BCUT2D eigenvalue weighted by Crippen LogP contribution is 2.17. The highest BCUT2D eigenvalue weighted by atomic mass is 32.1. The second-order valence-corrected chi connectivity index (χ2v) is 4.91. The number of nitrogens with zero attached hydrogens (tertiary/aromatic N) is 2. The van der Waals surface area contributed by atoms with Crippen LogP contribution in [0.25, 0.3) is 0 Å². The van der Waals surface area contributed by atoms with Gasteiger partial charge in [-0.3, -0.25) is 9.78 Å². The third-order valence-corrected chi connectivity index (χ3v) is 3.05. The Morgan fingerprint density at radius 3 is 2.89 bits per heavy atom. The van der Waals surface area contributed by atoms with Gasteiger partial charge in [-0.25, -0.2) is 0 Å². The molecule has 1 unspecified atom stereocenters. The van der Waals surface area contributed by atoms with Gasteiger partial charge in [0.15, 0.2) is 0 Å². The highest BCUT2D eigenvalue weighted by Gasteiger charge is 2.13. The van der Waals surface area contributed by atoms with Crippen molar-refractivity contribution in [1.29, 1.82) is 0 Å². The molecule has 0 radical (unpaired) electrons. The molecule has 1 atom stereocenters. The quantitative estimate of drug-likeness (QED) is 0.769. The molecule has 1 heterocycles. The van der Waals surface area contributed by atoms with E-state index in [0.29, 0.717) is 23.6 Å². The van der Waals surface area contributed by atoms with Crippen molar-refractivity contribution in [3.8, 4) is 0 Å². The molecular formula is C13H20N4OS. The molecule has 0 aromatic carbocycles. The standard InChI is InChI=1S/C13H20N4OS/c1-4-15-13(18)11-8-10(5-6-16-11)17(3)9(2)7-12(14)19/h5-6,8-9H,4,7H2,1-3H3,(H2,14,19)(H,15,18). The fourth-order valence-electron chi connectivity index (χ4n) is 1.70. The number of nitrogens with one attached hydrogen (secondary N) is 1. The lowest BCUT2D eigenvalue weighted by molar-refractivity contribution is 0.0951. The van der Waals surface area contributed by atoms with E-state index >= 15 is 0 Å². The van der Waals surface area contributed by atoms with Crippen molar-refractivity contribution >= 4 is 28.8 Å². The first kappa shape index (κ1) is 15.4. The van der Waals surface area contributed by atoms with Crippen LogP contribution in [0.15, 0.2) is 18.3 Å². The molecule has 0 aliphatic heterocycles. The second-order valence-electron chi connectivity index (χ2n) is 4.39. The van der Waals surface area contributed by atoms with Gasteiger partial charge in [0.2, 0.25) is 0 Å². The van der Waals surface area contributed by atoms with Crippen molar-refractivity contribution < 1.29 is 4.79 Å². The van der Waals surface area contributed by atoms with Gasteiger partial charge in [-0.1, -0.05) is 12.2 Å². The first-order valence-corrected chi connectivity index (χ1v) is 6.62. The maximum absolute atomic E-state index is 11.7. The molecule has 0 saturated heterocycles. The summed E-state index contributed by atoms with van der Waals surface area (Å²) >= 11 is 4.92. The molecular weight excluding hydrogens is 260 g/mol. The third kappa shape index (κ3) is 4.48. The van der Waals surface area contributed by atoms with Crippen LogP contribution >= 0.6 is 12.2 Å². The SMILES string of the molecule is CCNC(=O)c1cc(N(C)C(C)CC(N)=S)ccn1. The van der Waals surface area contributed by atoms with Crippen molar-refractivity contribution in [2.24, 2.45) is 5.73 Å². The van der Waals surface area contributed by atoms with Crippen LogP contribution in [0.3, 0.4) is 0 Å². The van der Waals surface area contributed by atoms with Gasteiger partial charge in [0, 0.05) is 37.9 Å². The minimum absolute atomic E-state index is 0.167. The van der Waals surface area contributed by atoms with Gasteiger partial charge in [-0.05, 0) is 26.0 Å². The molecule has 104 valence electrons. The van der Waals surface area contributed by atoms with Crippen molar-refractivity contribution in [1.82, 2.24) is 10.3 Å². The van der Waals surface area contributed by atoms with E-state index in [1.807, 2.05) is 31.9 Å². The van der Waals surface area contributed by atoms with E-state index in [-0.39, 0.29) is 11.9 Å². The molecule has 0 aliphatic carbocycles. The molecule has 0 saturated carbocycles. The second kappa shape index (κ2) is 7.04. The number of amides is 1. The summed E-state index contributed by atoms with van der Waals surface area (Å²) in [4.78, 5) is 18.3. The monoisotopic (exact) mass is 280 g/mol. The Hall–Kier alpha value is -1.69. The molecule has 1 amide bonds. The minimum atomic E-state index is -0.167. The van der Waals surface area contributed by atoms with Gasteiger partial charge >= 0.3 is 0 Å². The van der Waals surface area contributed by atoms with E-state index < -0.39 is 0 Å². The van der Waals surface area contributed by atoms with Gasteiger partial charge in [-0.15, -0.1) is 0 Å². The summed E-state index contributed by atoms with van der Waals surface area (Å²) in [6.45, 7) is 4.49. The maximum atomic E-state index is 11.7. The van der Waals surface area contributed by atoms with Gasteiger partial charge in [-0.2, -0.15) is 0 Å². The summed E-state index contributed by atoms with van der Waals surface area (Å²) in [5.41, 5.74) is 6.88. The molecule has 6 heteroatoms. The van der Waals surface area contributed by atoms with Crippen molar-refractivity contribution in [3.05, 3.63) is 24.0 Å². The fourth-order valence-corrected chi connectivity index (χ4v) is 1.94. The zero-order chi connectivity index (χ0) is 14.4. The fraction of sp³-hybridized carbons (Fsp3) is 0.462. The largest absolute Gasteiger partial charge is 0.393 e. The number of anilines is 1. The van der Waals surface area contributed by atoms with Crippen LogP contribution < -0.4 is 16.0 Å². The Bertz CT molecular complexity index is 464. The molecule has 1 rings (SSSR count). The lowest BCUT2D eigenvalue weighted by atomic mass is 10.2. The van der Waals surface area contributed by atoms with E-state index in [9.17, 15) is 4.79 Å². The van der Waals surface area contributed by atoms with Crippen LogP contribution in [-0.2, 0) is 0 Å². The van der Waals surface area contributed by atoms with Gasteiger partial charge < -0.3 is 16.0 Å². The summed E-state index contributed by atoms with van der Waals surface area (Å²) in [5.74, 6) is -0.167. The Kier molecular flexibility index (Phi) is 5.69. The summed E-state index contributed by atoms with van der Waals surface area (Å²) in [6.07, 6.45) is 2.26. The van der Waals surface area contributed by atoms with Crippen molar-refractivity contribution in [3.63, 3.8) is 0 Å². The lowest BCUT2D eigenvalue weighted by Gasteiger charge is -2.26. The molecule has 3 N–H and O–H groups in total. The Morgan fingerprint density at radius 2 is 2.32 bits per heavy atom. The number of hydrogen-bond donors (Lipinski definition) is 2. The van der Waals surface area contributed by atoms with Gasteiger partial charge in [0.1, 0.15) is 5.69 Å². The van der Waals surface area contributed by atoms with Crippen molar-refractivity contribution in [2.45, 2.75) is 26.3 Å². The van der Waals surface area contributed by atoms with E-state index in [1.165, 1.54) is 0 Å². The van der Waals surface area contributed by atoms with E-state index in [0.717, 1.165) is 5.69 Å². The predicted octanol–water partition coefficient (Wildman–Crippen LogP) is 1.33. The van der Waals surface area contributed by atoms with Crippen LogP contribution in [0, 0.1) is 0 Å². The van der Waals surface area contributed by atoms with Gasteiger partial charge in [0.05, 0.1) is 4.99 Å². The number of carbonyl (C=O) groups excluding carboxylic acids is 1. The number of thiocarbonyl (C=S) groups is 1. The Balaban J connectivity index is 2.86. The minimum Gasteiger partial charge on any atom is -0.393 e. The molecule has 1 aromatic rings. The molecule has 0 spiro atoms. The molecule has 0 aliphatic rings. The lowest BCUT2D eigenvalue weighted by Crippen LogP contribution is -2.33. The normalized spacial score (nSPS) is 11.7. The van der Waals surface area contributed by atoms with Gasteiger partial charge in [0.25, 0.3) is 5.91 Å². The molecule has 5 nitrogen and oxygen atoms in total. The van der Waals surface area contributed by atoms with Crippen molar-refractivity contribution in [2.75, 3.05) is 18.5 Å². The van der Waals surface area contributed by atoms with E-state index in [4.69, 9.17) is 18.0 Å². The zero-order valence-electron chi connectivity index (χ0n) is 11.5. The highest BCUT2D eigenvalue weighted by molar-refractivity contribution is 7.80. The first-order valence-electron chi connectivity index (χ1n) is 6.21. The number of hydrogen-bond acceptors (Lipinski definition) is 4. The zero-order valence-corrected chi connectivity index (χ0v) is 12.3. The number of pyridine rings is 1. The Labute approximate surface area is 119 Å². The average Bonchev–Trinajstić information content (AvgIpc) is 2.37. The first-order chi connectivity index (χ1) is 8.95. The maximum Gasteiger partial charge on any atom is 0.269 e. The number of aromatic nitrogens is 1. The third-order valence-electron chi connectivity index (χ3n) is 2.88. The summed E-state index contributed by atoms with van der Waals surface area (Å²) in [6, 6.07) is 3.79. The van der Waals surface area contributed by atoms with E-state index in [2.05, 4.69) is 10.3 Å². The molecule has 0 bridgehead atoms. The summed E-state index contributed by atoms with van der Waals surface area (Å²) in [7, 11) is 1.94. The van der Waals surface area contributed by atoms with Crippen LogP contribution in [0.5, 0.6) is 0 Å². The Morgan fingerprint density at radius 1 is 1.63 bits per heavy atom. The molecule has 1 aromatic heterocycles. The molecule has 0 fully saturated rings. The average molecular weight is 280 g/mol. The topological polar surface area (TPSA) is 71.2 Å². The smallest absolute Gasteiger partial charge is 0.269 e. The summed E-state index contributed by atoms with van der Waals surface area (Å²) < 4.78 is 0. The number of carbonyl (C=O) groups is 1. The number of nitrogens with two attached hydrogens (primary N) is 1. The van der Waals surface area contributed by atoms with Crippen LogP contribution in [0.2, 0.25) is 0 Å². The summed E-state index contributed by atoms with van der Waals surface area (Å²) in [5, 5.41) is 2.73. The van der Waals surface area contributed by atoms with Crippen LogP contribution in [0.4, 0.5) is 5.69 Å². The van der Waals surface area contributed by atoms with Crippen LogP contribution in [0.1, 0.15) is 30.8 Å². The van der Waals surface area contributed by atoms with E-state index in [1.54, 1.807) is 12.3 Å². The molecule has 19 heavy (non-hydrogen) atoms. The van der Waals surface area contributed by atoms with Crippen LogP contribution in [-0.4, -0.2) is 35.5 Å². The predicted molar refractivity (Wildman–Crippen MR) is 81.5 cm³/mol. The number of rotatable bonds is 6.